The summed E-state index contributed by atoms with van der Waals surface area (Å²) in [5.74, 6) is -0.0585. The zero-order chi connectivity index (χ0) is 16.8. The Hall–Kier alpha value is -1.15. The number of thioether (sulfide) groups is 1. The molecular weight excluding hydrogens is 326 g/mol. The van der Waals surface area contributed by atoms with Crippen molar-refractivity contribution in [3.05, 3.63) is 24.4 Å². The van der Waals surface area contributed by atoms with Gasteiger partial charge in [0.25, 0.3) is 5.91 Å². The topological polar surface area (TPSA) is 63.7 Å². The standard InChI is InChI=1S/C17H25N3O3S/c1-22-17(13-20-9-11-23-12-10-20,16(21)19-14-5-4-6-14)24-15-7-2-3-8-18-15/h2-3,7-8,14H,4-6,9-13H2,1H3,(H,19,21). The number of carbonyl (C=O) groups is 1. The van der Waals surface area contributed by atoms with Gasteiger partial charge in [-0.2, -0.15) is 0 Å². The number of aromatic nitrogens is 1. The Morgan fingerprint density at radius 3 is 2.83 bits per heavy atom. The van der Waals surface area contributed by atoms with Crippen molar-refractivity contribution in [2.24, 2.45) is 0 Å². The highest BCUT2D eigenvalue weighted by molar-refractivity contribution is 8.01. The first-order valence-corrected chi connectivity index (χ1v) is 9.30. The number of nitrogens with zero attached hydrogens (tertiary/aromatic N) is 2. The normalized spacial score (nSPS) is 21.7. The second kappa shape index (κ2) is 8.29. The van der Waals surface area contributed by atoms with Gasteiger partial charge in [0, 0.05) is 39.0 Å². The van der Waals surface area contributed by atoms with E-state index < -0.39 is 4.93 Å². The summed E-state index contributed by atoms with van der Waals surface area (Å²) in [6, 6.07) is 5.98. The minimum atomic E-state index is -0.999. The smallest absolute Gasteiger partial charge is 0.264 e. The van der Waals surface area contributed by atoms with E-state index in [1.54, 1.807) is 13.3 Å². The van der Waals surface area contributed by atoms with Crippen LogP contribution in [0.2, 0.25) is 0 Å². The van der Waals surface area contributed by atoms with Crippen molar-refractivity contribution in [2.45, 2.75) is 35.3 Å². The number of hydrogen-bond acceptors (Lipinski definition) is 6. The minimum Gasteiger partial charge on any atom is -0.379 e. The molecule has 2 aliphatic rings. The molecule has 1 aromatic heterocycles. The lowest BCUT2D eigenvalue weighted by atomic mass is 9.93. The number of methoxy groups -OCH3 is 1. The van der Waals surface area contributed by atoms with Crippen LogP contribution < -0.4 is 5.32 Å². The molecule has 0 spiro atoms. The molecule has 2 heterocycles. The molecule has 24 heavy (non-hydrogen) atoms. The molecule has 0 aromatic carbocycles. The molecule has 7 heteroatoms. The summed E-state index contributed by atoms with van der Waals surface area (Å²) in [7, 11) is 1.61. The predicted molar refractivity (Wildman–Crippen MR) is 92.9 cm³/mol. The van der Waals surface area contributed by atoms with Gasteiger partial charge in [-0.3, -0.25) is 9.69 Å². The first kappa shape index (κ1) is 17.7. The quantitative estimate of drug-likeness (QED) is 0.594. The van der Waals surface area contributed by atoms with Crippen LogP contribution in [0.3, 0.4) is 0 Å². The number of pyridine rings is 1. The van der Waals surface area contributed by atoms with Crippen molar-refractivity contribution in [3.8, 4) is 0 Å². The van der Waals surface area contributed by atoms with Crippen LogP contribution in [-0.4, -0.2) is 66.7 Å². The van der Waals surface area contributed by atoms with Gasteiger partial charge < -0.3 is 14.8 Å². The Morgan fingerprint density at radius 2 is 2.25 bits per heavy atom. The largest absolute Gasteiger partial charge is 0.379 e. The van der Waals surface area contributed by atoms with Gasteiger partial charge in [0.1, 0.15) is 0 Å². The molecule has 1 aliphatic heterocycles. The lowest BCUT2D eigenvalue weighted by Gasteiger charge is -2.38. The Bertz CT molecular complexity index is 535. The number of amides is 1. The second-order valence-electron chi connectivity index (χ2n) is 6.22. The van der Waals surface area contributed by atoms with E-state index in [1.165, 1.54) is 18.2 Å². The molecule has 1 saturated carbocycles. The number of nitrogens with one attached hydrogen (secondary N) is 1. The molecule has 1 amide bonds. The number of carbonyl (C=O) groups excluding carboxylic acids is 1. The highest BCUT2D eigenvalue weighted by atomic mass is 32.2. The Kier molecular flexibility index (Phi) is 6.10. The molecule has 1 aliphatic carbocycles. The third-order valence-electron chi connectivity index (χ3n) is 4.56. The highest BCUT2D eigenvalue weighted by Gasteiger charge is 2.43. The van der Waals surface area contributed by atoms with Gasteiger partial charge in [-0.15, -0.1) is 0 Å². The molecule has 0 bridgehead atoms. The Labute approximate surface area is 147 Å². The van der Waals surface area contributed by atoms with Gasteiger partial charge in [0.05, 0.1) is 18.2 Å². The summed E-state index contributed by atoms with van der Waals surface area (Å²) in [5, 5.41) is 3.94. The SMILES string of the molecule is COC(CN1CCOCC1)(Sc1ccccn1)C(=O)NC1CCC1. The van der Waals surface area contributed by atoms with Crippen LogP contribution in [-0.2, 0) is 14.3 Å². The maximum atomic E-state index is 13.0. The van der Waals surface area contributed by atoms with Crippen LogP contribution >= 0.6 is 11.8 Å². The average Bonchev–Trinajstić information content (AvgIpc) is 2.59. The van der Waals surface area contributed by atoms with E-state index in [1.807, 2.05) is 18.2 Å². The molecule has 3 rings (SSSR count). The van der Waals surface area contributed by atoms with E-state index in [4.69, 9.17) is 9.47 Å². The number of hydrogen-bond donors (Lipinski definition) is 1. The second-order valence-corrected chi connectivity index (χ2v) is 7.50. The molecule has 0 radical (unpaired) electrons. The fourth-order valence-corrected chi connectivity index (χ4v) is 3.91. The van der Waals surface area contributed by atoms with Gasteiger partial charge in [-0.25, -0.2) is 4.98 Å². The van der Waals surface area contributed by atoms with Crippen molar-refractivity contribution in [1.29, 1.82) is 0 Å². The van der Waals surface area contributed by atoms with Gasteiger partial charge in [-0.1, -0.05) is 17.8 Å². The molecule has 1 aromatic rings. The summed E-state index contributed by atoms with van der Waals surface area (Å²) < 4.78 is 11.2. The summed E-state index contributed by atoms with van der Waals surface area (Å²) in [5.41, 5.74) is 0. The van der Waals surface area contributed by atoms with Gasteiger partial charge >= 0.3 is 0 Å². The van der Waals surface area contributed by atoms with Crippen molar-refractivity contribution in [2.75, 3.05) is 40.0 Å². The van der Waals surface area contributed by atoms with Crippen LogP contribution in [0.4, 0.5) is 0 Å². The van der Waals surface area contributed by atoms with E-state index in [0.29, 0.717) is 19.8 Å². The van der Waals surface area contributed by atoms with Crippen molar-refractivity contribution in [3.63, 3.8) is 0 Å². The number of ether oxygens (including phenoxy) is 2. The molecule has 1 unspecified atom stereocenters. The number of rotatable bonds is 7. The molecule has 1 saturated heterocycles. The molecule has 1 atom stereocenters. The summed E-state index contributed by atoms with van der Waals surface area (Å²) in [6.45, 7) is 3.53. The zero-order valence-corrected chi connectivity index (χ0v) is 14.9. The zero-order valence-electron chi connectivity index (χ0n) is 14.1. The van der Waals surface area contributed by atoms with Crippen molar-refractivity contribution in [1.82, 2.24) is 15.2 Å². The highest BCUT2D eigenvalue weighted by Crippen LogP contribution is 2.34. The lowest BCUT2D eigenvalue weighted by Crippen LogP contribution is -2.57. The van der Waals surface area contributed by atoms with E-state index >= 15 is 0 Å². The maximum Gasteiger partial charge on any atom is 0.264 e. The van der Waals surface area contributed by atoms with Crippen LogP contribution in [0, 0.1) is 0 Å². The molecule has 6 nitrogen and oxygen atoms in total. The minimum absolute atomic E-state index is 0.0585. The van der Waals surface area contributed by atoms with Crippen molar-refractivity contribution < 1.29 is 14.3 Å². The third kappa shape index (κ3) is 4.27. The van der Waals surface area contributed by atoms with Crippen molar-refractivity contribution >= 4 is 17.7 Å². The fraction of sp³-hybridized carbons (Fsp3) is 0.647. The number of morpholine rings is 1. The van der Waals surface area contributed by atoms with Gasteiger partial charge in [0.2, 0.25) is 4.93 Å². The molecule has 132 valence electrons. The first-order chi connectivity index (χ1) is 11.7. The lowest BCUT2D eigenvalue weighted by molar-refractivity contribution is -0.137. The van der Waals surface area contributed by atoms with E-state index in [0.717, 1.165) is 31.0 Å². The first-order valence-electron chi connectivity index (χ1n) is 8.48. The van der Waals surface area contributed by atoms with E-state index in [9.17, 15) is 4.79 Å². The Morgan fingerprint density at radius 1 is 1.46 bits per heavy atom. The van der Waals surface area contributed by atoms with E-state index in [2.05, 4.69) is 15.2 Å². The van der Waals surface area contributed by atoms with Crippen LogP contribution in [0.15, 0.2) is 29.4 Å². The monoisotopic (exact) mass is 351 g/mol. The summed E-state index contributed by atoms with van der Waals surface area (Å²) in [4.78, 5) is 18.6. The Balaban J connectivity index is 1.77. The summed E-state index contributed by atoms with van der Waals surface area (Å²) >= 11 is 1.39. The van der Waals surface area contributed by atoms with Gasteiger partial charge in [0.15, 0.2) is 0 Å². The molecule has 2 fully saturated rings. The fourth-order valence-electron chi connectivity index (χ4n) is 2.83. The van der Waals surface area contributed by atoms with Crippen LogP contribution in [0.5, 0.6) is 0 Å². The van der Waals surface area contributed by atoms with E-state index in [-0.39, 0.29) is 11.9 Å². The molecule has 1 N–H and O–H groups in total. The van der Waals surface area contributed by atoms with Gasteiger partial charge in [-0.05, 0) is 31.4 Å². The molecular formula is C17H25N3O3S. The predicted octanol–water partition coefficient (Wildman–Crippen LogP) is 1.52. The third-order valence-corrected chi connectivity index (χ3v) is 5.82. The maximum absolute atomic E-state index is 13.0. The summed E-state index contributed by atoms with van der Waals surface area (Å²) in [6.07, 6.45) is 5.03. The average molecular weight is 351 g/mol. The van der Waals surface area contributed by atoms with Crippen LogP contribution in [0.1, 0.15) is 19.3 Å². The van der Waals surface area contributed by atoms with Crippen LogP contribution in [0.25, 0.3) is 0 Å².